The first-order valence-corrected chi connectivity index (χ1v) is 15.0. The van der Waals surface area contributed by atoms with Crippen LogP contribution < -0.4 is 15.4 Å². The Labute approximate surface area is 251 Å². The van der Waals surface area contributed by atoms with E-state index < -0.39 is 5.25 Å². The Morgan fingerprint density at radius 2 is 1.71 bits per heavy atom. The molecule has 0 saturated heterocycles. The van der Waals surface area contributed by atoms with E-state index >= 15 is 0 Å². The number of amides is 2. The standard InChI is InChI=1S/C32H26ClN3O3S2/c1-2-39-26-16-14-21(15-17-26)28-20-40-32(35-28)36-31(38)29(22-8-4-3-5-9-22)41-27-13-7-12-25(19-27)34-30(37)23-10-6-11-24(33)18-23/h3-20,29H,2H2,1H3,(H,34,37)(H,35,36,38). The van der Waals surface area contributed by atoms with Crippen LogP contribution in [0.2, 0.25) is 5.02 Å². The molecule has 0 spiro atoms. The lowest BCUT2D eigenvalue weighted by atomic mass is 10.1. The summed E-state index contributed by atoms with van der Waals surface area (Å²) in [5.41, 5.74) is 3.65. The van der Waals surface area contributed by atoms with E-state index in [2.05, 4.69) is 15.6 Å². The summed E-state index contributed by atoms with van der Waals surface area (Å²) >= 11 is 8.81. The zero-order valence-corrected chi connectivity index (χ0v) is 24.4. The zero-order valence-electron chi connectivity index (χ0n) is 22.0. The molecule has 0 radical (unpaired) electrons. The Balaban J connectivity index is 1.31. The molecule has 0 fully saturated rings. The minimum atomic E-state index is -0.548. The van der Waals surface area contributed by atoms with E-state index in [0.717, 1.165) is 27.5 Å². The zero-order chi connectivity index (χ0) is 28.6. The number of hydrogen-bond acceptors (Lipinski definition) is 6. The van der Waals surface area contributed by atoms with Crippen LogP contribution in [0, 0.1) is 0 Å². The van der Waals surface area contributed by atoms with Gasteiger partial charge in [-0.1, -0.05) is 54.1 Å². The van der Waals surface area contributed by atoms with Crippen molar-refractivity contribution >= 4 is 57.3 Å². The minimum absolute atomic E-state index is 0.192. The largest absolute Gasteiger partial charge is 0.494 e. The van der Waals surface area contributed by atoms with Crippen molar-refractivity contribution in [1.29, 1.82) is 0 Å². The number of benzene rings is 4. The van der Waals surface area contributed by atoms with Crippen LogP contribution >= 0.6 is 34.7 Å². The molecule has 4 aromatic carbocycles. The van der Waals surface area contributed by atoms with Crippen molar-refractivity contribution in [3.8, 4) is 17.0 Å². The molecular weight excluding hydrogens is 574 g/mol. The van der Waals surface area contributed by atoms with Crippen LogP contribution in [0.25, 0.3) is 11.3 Å². The normalized spacial score (nSPS) is 11.5. The highest BCUT2D eigenvalue weighted by Gasteiger charge is 2.23. The molecule has 206 valence electrons. The number of nitrogens with one attached hydrogen (secondary N) is 2. The molecule has 1 atom stereocenters. The molecule has 1 aromatic heterocycles. The van der Waals surface area contributed by atoms with Crippen molar-refractivity contribution in [2.24, 2.45) is 0 Å². The summed E-state index contributed by atoms with van der Waals surface area (Å²) in [6.07, 6.45) is 0. The van der Waals surface area contributed by atoms with Crippen molar-refractivity contribution in [3.63, 3.8) is 0 Å². The van der Waals surface area contributed by atoms with Crippen LogP contribution in [0.4, 0.5) is 10.8 Å². The maximum atomic E-state index is 13.6. The Kier molecular flexibility index (Phi) is 9.36. The number of halogens is 1. The summed E-state index contributed by atoms with van der Waals surface area (Å²) in [4.78, 5) is 31.8. The van der Waals surface area contributed by atoms with Crippen molar-refractivity contribution in [1.82, 2.24) is 4.98 Å². The Hall–Kier alpha value is -4.11. The Morgan fingerprint density at radius 3 is 2.46 bits per heavy atom. The smallest absolute Gasteiger partial charge is 0.255 e. The summed E-state index contributed by atoms with van der Waals surface area (Å²) in [5.74, 6) is 0.345. The number of hydrogen-bond donors (Lipinski definition) is 2. The van der Waals surface area contributed by atoms with Crippen LogP contribution in [0.15, 0.2) is 113 Å². The van der Waals surface area contributed by atoms with Gasteiger partial charge in [-0.15, -0.1) is 23.1 Å². The fourth-order valence-electron chi connectivity index (χ4n) is 4.04. The lowest BCUT2D eigenvalue weighted by Gasteiger charge is -2.17. The van der Waals surface area contributed by atoms with Gasteiger partial charge in [0.15, 0.2) is 5.13 Å². The van der Waals surface area contributed by atoms with E-state index in [1.807, 2.05) is 91.2 Å². The van der Waals surface area contributed by atoms with E-state index in [4.69, 9.17) is 16.3 Å². The third-order valence-corrected chi connectivity index (χ3v) is 8.21. The van der Waals surface area contributed by atoms with Gasteiger partial charge < -0.3 is 15.4 Å². The van der Waals surface area contributed by atoms with Gasteiger partial charge in [0.25, 0.3) is 5.91 Å². The van der Waals surface area contributed by atoms with Gasteiger partial charge in [0, 0.05) is 32.1 Å². The first-order valence-electron chi connectivity index (χ1n) is 12.9. The lowest BCUT2D eigenvalue weighted by Crippen LogP contribution is -2.19. The average molecular weight is 600 g/mol. The molecule has 5 aromatic rings. The van der Waals surface area contributed by atoms with E-state index in [-0.39, 0.29) is 11.8 Å². The summed E-state index contributed by atoms with van der Waals surface area (Å²) in [7, 11) is 0. The molecule has 2 N–H and O–H groups in total. The molecule has 1 heterocycles. The van der Waals surface area contributed by atoms with Gasteiger partial charge in [0.05, 0.1) is 12.3 Å². The summed E-state index contributed by atoms with van der Waals surface area (Å²) < 4.78 is 5.52. The third kappa shape index (κ3) is 7.55. The van der Waals surface area contributed by atoms with E-state index in [9.17, 15) is 9.59 Å². The first-order chi connectivity index (χ1) is 20.0. The van der Waals surface area contributed by atoms with Gasteiger partial charge in [-0.05, 0) is 73.2 Å². The maximum absolute atomic E-state index is 13.6. The second-order valence-electron chi connectivity index (χ2n) is 8.89. The average Bonchev–Trinajstić information content (AvgIpc) is 3.45. The second kappa shape index (κ2) is 13.5. The number of carbonyl (C=O) groups is 2. The van der Waals surface area contributed by atoms with Gasteiger partial charge in [-0.25, -0.2) is 4.98 Å². The number of nitrogens with zero attached hydrogens (tertiary/aromatic N) is 1. The number of carbonyl (C=O) groups excluding carboxylic acids is 2. The molecule has 6 nitrogen and oxygen atoms in total. The lowest BCUT2D eigenvalue weighted by molar-refractivity contribution is -0.115. The van der Waals surface area contributed by atoms with Gasteiger partial charge in [0.1, 0.15) is 11.0 Å². The van der Waals surface area contributed by atoms with Gasteiger partial charge in [0.2, 0.25) is 5.91 Å². The van der Waals surface area contributed by atoms with Crippen LogP contribution in [0.1, 0.15) is 28.1 Å². The summed E-state index contributed by atoms with van der Waals surface area (Å²) in [5, 5.41) is 8.28. The highest BCUT2D eigenvalue weighted by molar-refractivity contribution is 8.00. The fourth-order valence-corrected chi connectivity index (χ4v) is 6.04. The van der Waals surface area contributed by atoms with Crippen LogP contribution in [-0.2, 0) is 4.79 Å². The highest BCUT2D eigenvalue weighted by Crippen LogP contribution is 2.38. The van der Waals surface area contributed by atoms with E-state index in [0.29, 0.717) is 28.0 Å². The fraction of sp³-hybridized carbons (Fsp3) is 0.0938. The molecule has 0 bridgehead atoms. The number of ether oxygens (including phenoxy) is 1. The molecule has 41 heavy (non-hydrogen) atoms. The topological polar surface area (TPSA) is 80.3 Å². The summed E-state index contributed by atoms with van der Waals surface area (Å²) in [6, 6.07) is 31.5. The SMILES string of the molecule is CCOc1ccc(-c2csc(NC(=O)C(Sc3cccc(NC(=O)c4cccc(Cl)c4)c3)c3ccccc3)n2)cc1. The van der Waals surface area contributed by atoms with Gasteiger partial charge in [-0.3, -0.25) is 9.59 Å². The molecule has 5 rings (SSSR count). The molecule has 1 unspecified atom stereocenters. The van der Waals surface area contributed by atoms with Gasteiger partial charge in [-0.2, -0.15) is 0 Å². The van der Waals surface area contributed by atoms with E-state index in [1.165, 1.54) is 23.1 Å². The number of thiazole rings is 1. The predicted molar refractivity (Wildman–Crippen MR) is 168 cm³/mol. The van der Waals surface area contributed by atoms with Crippen molar-refractivity contribution in [2.75, 3.05) is 17.2 Å². The van der Waals surface area contributed by atoms with Crippen LogP contribution in [0.5, 0.6) is 5.75 Å². The first kappa shape index (κ1) is 28.4. The molecule has 0 aliphatic rings. The molecular formula is C32H26ClN3O3S2. The highest BCUT2D eigenvalue weighted by atomic mass is 35.5. The quantitative estimate of drug-likeness (QED) is 0.157. The number of anilines is 2. The van der Waals surface area contributed by atoms with Crippen molar-refractivity contribution < 1.29 is 14.3 Å². The number of rotatable bonds is 10. The summed E-state index contributed by atoms with van der Waals surface area (Å²) in [6.45, 7) is 2.55. The molecule has 9 heteroatoms. The minimum Gasteiger partial charge on any atom is -0.494 e. The Bertz CT molecular complexity index is 1640. The number of thioether (sulfide) groups is 1. The van der Waals surface area contributed by atoms with Crippen molar-refractivity contribution in [2.45, 2.75) is 17.1 Å². The van der Waals surface area contributed by atoms with Crippen molar-refractivity contribution in [3.05, 3.63) is 125 Å². The van der Waals surface area contributed by atoms with E-state index in [1.54, 1.807) is 24.3 Å². The third-order valence-electron chi connectivity index (χ3n) is 5.97. The maximum Gasteiger partial charge on any atom is 0.255 e. The molecule has 0 aliphatic carbocycles. The second-order valence-corrected chi connectivity index (χ2v) is 11.4. The molecule has 2 amide bonds. The van der Waals surface area contributed by atoms with Gasteiger partial charge >= 0.3 is 0 Å². The Morgan fingerprint density at radius 1 is 0.927 bits per heavy atom. The molecule has 0 saturated carbocycles. The van der Waals surface area contributed by atoms with Crippen LogP contribution in [-0.4, -0.2) is 23.4 Å². The molecule has 0 aliphatic heterocycles. The predicted octanol–water partition coefficient (Wildman–Crippen LogP) is 8.59. The monoisotopic (exact) mass is 599 g/mol. The number of aromatic nitrogens is 1. The van der Waals surface area contributed by atoms with Crippen LogP contribution in [0.3, 0.4) is 0 Å².